The lowest BCUT2D eigenvalue weighted by Crippen LogP contribution is -2.11. The summed E-state index contributed by atoms with van der Waals surface area (Å²) in [7, 11) is 0. The highest BCUT2D eigenvalue weighted by Gasteiger charge is 2.21. The van der Waals surface area contributed by atoms with Crippen molar-refractivity contribution in [1.29, 1.82) is 0 Å². The first-order valence-corrected chi connectivity index (χ1v) is 5.84. The molecular formula is C13H8ClN3O2. The zero-order chi connectivity index (χ0) is 13.4. The van der Waals surface area contributed by atoms with Gasteiger partial charge in [0.25, 0.3) is 5.91 Å². The molecule has 6 heteroatoms. The van der Waals surface area contributed by atoms with E-state index in [2.05, 4.69) is 9.97 Å². The molecule has 0 atom stereocenters. The number of aromatic nitrogens is 2. The molecule has 3 aromatic heterocycles. The van der Waals surface area contributed by atoms with Crippen LogP contribution >= 0.6 is 11.6 Å². The van der Waals surface area contributed by atoms with E-state index in [1.54, 1.807) is 30.5 Å². The molecular weight excluding hydrogens is 266 g/mol. The van der Waals surface area contributed by atoms with Crippen LogP contribution in [0.25, 0.3) is 22.4 Å². The number of fused-ring (bicyclic) bond motifs is 1. The van der Waals surface area contributed by atoms with Crippen molar-refractivity contribution in [2.75, 3.05) is 0 Å². The van der Waals surface area contributed by atoms with Crippen molar-refractivity contribution in [3.05, 3.63) is 47.4 Å². The number of hydrogen-bond acceptors (Lipinski definition) is 4. The molecule has 0 aliphatic rings. The number of nitrogens with zero attached hydrogens (tertiary/aromatic N) is 2. The Bertz CT molecular complexity index is 765. The Hall–Kier alpha value is -2.40. The molecule has 0 aliphatic heterocycles. The molecule has 0 saturated heterocycles. The Morgan fingerprint density at radius 3 is 2.79 bits per heavy atom. The van der Waals surface area contributed by atoms with E-state index in [9.17, 15) is 4.79 Å². The van der Waals surface area contributed by atoms with Crippen molar-refractivity contribution in [3.8, 4) is 11.3 Å². The minimum absolute atomic E-state index is 0.0449. The van der Waals surface area contributed by atoms with Crippen LogP contribution in [-0.4, -0.2) is 15.9 Å². The number of nitrogens with two attached hydrogens (primary N) is 1. The van der Waals surface area contributed by atoms with Gasteiger partial charge in [0.1, 0.15) is 5.52 Å². The topological polar surface area (TPSA) is 82.0 Å². The number of amides is 1. The lowest BCUT2D eigenvalue weighted by molar-refractivity contribution is 0.0977. The fourth-order valence-corrected chi connectivity index (χ4v) is 1.98. The molecule has 0 radical (unpaired) electrons. The third-order valence-electron chi connectivity index (χ3n) is 2.65. The molecule has 94 valence electrons. The second kappa shape index (κ2) is 4.37. The van der Waals surface area contributed by atoms with Gasteiger partial charge in [-0.3, -0.25) is 14.8 Å². The van der Waals surface area contributed by atoms with Gasteiger partial charge in [0.2, 0.25) is 5.76 Å². The van der Waals surface area contributed by atoms with Gasteiger partial charge in [-0.25, -0.2) is 0 Å². The first-order chi connectivity index (χ1) is 9.16. The van der Waals surface area contributed by atoms with E-state index in [-0.39, 0.29) is 5.76 Å². The van der Waals surface area contributed by atoms with Gasteiger partial charge < -0.3 is 10.2 Å². The van der Waals surface area contributed by atoms with Crippen LogP contribution in [0.2, 0.25) is 5.02 Å². The highest BCUT2D eigenvalue weighted by Crippen LogP contribution is 2.32. The van der Waals surface area contributed by atoms with E-state index >= 15 is 0 Å². The zero-order valence-electron chi connectivity index (χ0n) is 9.63. The zero-order valence-corrected chi connectivity index (χ0v) is 10.4. The van der Waals surface area contributed by atoms with Gasteiger partial charge in [-0.15, -0.1) is 0 Å². The summed E-state index contributed by atoms with van der Waals surface area (Å²) in [6, 6.07) is 6.80. The molecule has 19 heavy (non-hydrogen) atoms. The van der Waals surface area contributed by atoms with E-state index in [0.717, 1.165) is 0 Å². The summed E-state index contributed by atoms with van der Waals surface area (Å²) in [5.74, 6) is -0.617. The van der Waals surface area contributed by atoms with E-state index in [1.807, 2.05) is 0 Å². The van der Waals surface area contributed by atoms with Gasteiger partial charge >= 0.3 is 0 Å². The molecule has 3 rings (SSSR count). The second-order valence-corrected chi connectivity index (χ2v) is 4.32. The number of pyridine rings is 2. The van der Waals surface area contributed by atoms with Crippen molar-refractivity contribution in [3.63, 3.8) is 0 Å². The van der Waals surface area contributed by atoms with Crippen molar-refractivity contribution in [1.82, 2.24) is 9.97 Å². The Balaban J connectivity index is 2.34. The molecule has 0 fully saturated rings. The summed E-state index contributed by atoms with van der Waals surface area (Å²) in [5.41, 5.74) is 7.39. The SMILES string of the molecule is NC(=O)c1oc2cccnc2c1-c1ccc(Cl)cn1. The maximum atomic E-state index is 11.5. The first-order valence-electron chi connectivity index (χ1n) is 5.46. The number of hydrogen-bond donors (Lipinski definition) is 1. The second-order valence-electron chi connectivity index (χ2n) is 3.88. The fourth-order valence-electron chi connectivity index (χ4n) is 1.86. The average molecular weight is 274 g/mol. The lowest BCUT2D eigenvalue weighted by Gasteiger charge is -1.99. The van der Waals surface area contributed by atoms with Crippen LogP contribution in [0.15, 0.2) is 41.1 Å². The molecule has 3 heterocycles. The Kier molecular flexibility index (Phi) is 2.68. The number of furan rings is 1. The van der Waals surface area contributed by atoms with Gasteiger partial charge in [0.15, 0.2) is 5.58 Å². The van der Waals surface area contributed by atoms with Crippen LogP contribution in [0, 0.1) is 0 Å². The first kappa shape index (κ1) is 11.7. The van der Waals surface area contributed by atoms with Crippen LogP contribution in [0.1, 0.15) is 10.6 Å². The summed E-state index contributed by atoms with van der Waals surface area (Å²) < 4.78 is 5.44. The molecule has 1 amide bonds. The minimum atomic E-state index is -0.662. The average Bonchev–Trinajstić information content (AvgIpc) is 2.79. The van der Waals surface area contributed by atoms with Crippen LogP contribution in [0.4, 0.5) is 0 Å². The standard InChI is InChI=1S/C13H8ClN3O2/c14-7-3-4-8(17-6-7)10-11-9(2-1-5-16-11)19-12(10)13(15)18/h1-6H,(H2,15,18). The highest BCUT2D eigenvalue weighted by molar-refractivity contribution is 6.30. The quantitative estimate of drug-likeness (QED) is 0.778. The van der Waals surface area contributed by atoms with Gasteiger partial charge in [-0.2, -0.15) is 0 Å². The lowest BCUT2D eigenvalue weighted by atomic mass is 10.1. The number of carbonyl (C=O) groups excluding carboxylic acids is 1. The van der Waals surface area contributed by atoms with E-state index < -0.39 is 5.91 Å². The fraction of sp³-hybridized carbons (Fsp3) is 0. The predicted octanol–water partition coefficient (Wildman–Crippen LogP) is 2.64. The molecule has 0 aliphatic carbocycles. The molecule has 3 aromatic rings. The number of halogens is 1. The Labute approximate surface area is 113 Å². The third kappa shape index (κ3) is 1.94. The Morgan fingerprint density at radius 1 is 1.26 bits per heavy atom. The van der Waals surface area contributed by atoms with Crippen molar-refractivity contribution < 1.29 is 9.21 Å². The molecule has 2 N–H and O–H groups in total. The number of primary amides is 1. The molecule has 0 saturated carbocycles. The molecule has 0 aromatic carbocycles. The largest absolute Gasteiger partial charge is 0.448 e. The molecule has 5 nitrogen and oxygen atoms in total. The van der Waals surface area contributed by atoms with E-state index in [0.29, 0.717) is 27.4 Å². The van der Waals surface area contributed by atoms with Crippen LogP contribution in [-0.2, 0) is 0 Å². The van der Waals surface area contributed by atoms with Crippen molar-refractivity contribution >= 4 is 28.6 Å². The summed E-state index contributed by atoms with van der Waals surface area (Å²) in [6.45, 7) is 0. The molecule has 0 unspecified atom stereocenters. The third-order valence-corrected chi connectivity index (χ3v) is 2.88. The van der Waals surface area contributed by atoms with Crippen molar-refractivity contribution in [2.45, 2.75) is 0 Å². The maximum absolute atomic E-state index is 11.5. The summed E-state index contributed by atoms with van der Waals surface area (Å²) in [5, 5.41) is 0.505. The number of rotatable bonds is 2. The van der Waals surface area contributed by atoms with E-state index in [4.69, 9.17) is 21.8 Å². The Morgan fingerprint density at radius 2 is 2.11 bits per heavy atom. The number of carbonyl (C=O) groups is 1. The predicted molar refractivity (Wildman–Crippen MR) is 70.8 cm³/mol. The van der Waals surface area contributed by atoms with Gasteiger partial charge in [-0.1, -0.05) is 11.6 Å². The van der Waals surface area contributed by atoms with Gasteiger partial charge in [0, 0.05) is 12.4 Å². The highest BCUT2D eigenvalue weighted by atomic mass is 35.5. The van der Waals surface area contributed by atoms with Gasteiger partial charge in [-0.05, 0) is 24.3 Å². The smallest absolute Gasteiger partial charge is 0.285 e. The normalized spacial score (nSPS) is 10.8. The van der Waals surface area contributed by atoms with Gasteiger partial charge in [0.05, 0.1) is 16.3 Å². The maximum Gasteiger partial charge on any atom is 0.285 e. The molecule has 0 spiro atoms. The van der Waals surface area contributed by atoms with E-state index in [1.165, 1.54) is 6.20 Å². The summed E-state index contributed by atoms with van der Waals surface area (Å²) in [6.07, 6.45) is 3.10. The minimum Gasteiger partial charge on any atom is -0.448 e. The van der Waals surface area contributed by atoms with Crippen molar-refractivity contribution in [2.24, 2.45) is 5.73 Å². The summed E-state index contributed by atoms with van der Waals surface area (Å²) in [4.78, 5) is 19.9. The van der Waals surface area contributed by atoms with Crippen LogP contribution in [0.3, 0.4) is 0 Å². The van der Waals surface area contributed by atoms with Crippen LogP contribution < -0.4 is 5.73 Å². The van der Waals surface area contributed by atoms with Crippen LogP contribution in [0.5, 0.6) is 0 Å². The monoisotopic (exact) mass is 273 g/mol. The summed E-state index contributed by atoms with van der Waals surface area (Å²) >= 11 is 5.80. The molecule has 0 bridgehead atoms.